The molecule has 1 amide bonds. The van der Waals surface area contributed by atoms with Gasteiger partial charge in [-0.2, -0.15) is 0 Å². The SMILES string of the molecule is CC(C)CCC(N)C(=O)C(CC1CCCCC1)NC(=O)OC(C)(C)C. The van der Waals surface area contributed by atoms with E-state index in [1.807, 2.05) is 20.8 Å². The van der Waals surface area contributed by atoms with Crippen molar-refractivity contribution in [3.05, 3.63) is 0 Å². The monoisotopic (exact) mass is 354 g/mol. The third-order valence-corrected chi connectivity index (χ3v) is 4.75. The molecule has 2 atom stereocenters. The Hall–Kier alpha value is -1.10. The molecule has 1 aliphatic carbocycles. The summed E-state index contributed by atoms with van der Waals surface area (Å²) in [5, 5.41) is 2.80. The predicted molar refractivity (Wildman–Crippen MR) is 101 cm³/mol. The molecule has 25 heavy (non-hydrogen) atoms. The van der Waals surface area contributed by atoms with Crippen LogP contribution in [0, 0.1) is 11.8 Å². The lowest BCUT2D eigenvalue weighted by molar-refractivity contribution is -0.123. The fourth-order valence-electron chi connectivity index (χ4n) is 3.37. The van der Waals surface area contributed by atoms with Gasteiger partial charge in [0.25, 0.3) is 0 Å². The van der Waals surface area contributed by atoms with E-state index in [2.05, 4.69) is 19.2 Å². The van der Waals surface area contributed by atoms with Crippen LogP contribution in [-0.2, 0) is 9.53 Å². The average Bonchev–Trinajstić information content (AvgIpc) is 2.50. The quantitative estimate of drug-likeness (QED) is 0.685. The largest absolute Gasteiger partial charge is 0.444 e. The Bertz CT molecular complexity index is 423. The van der Waals surface area contributed by atoms with Crippen LogP contribution in [0.5, 0.6) is 0 Å². The molecule has 0 aliphatic heterocycles. The minimum atomic E-state index is -0.581. The van der Waals surface area contributed by atoms with Gasteiger partial charge in [-0.3, -0.25) is 4.79 Å². The Balaban J connectivity index is 2.71. The molecule has 146 valence electrons. The van der Waals surface area contributed by atoms with Crippen molar-refractivity contribution in [1.82, 2.24) is 5.32 Å². The number of ether oxygens (including phenoxy) is 1. The van der Waals surface area contributed by atoms with Crippen molar-refractivity contribution in [2.75, 3.05) is 0 Å². The zero-order valence-corrected chi connectivity index (χ0v) is 16.8. The van der Waals surface area contributed by atoms with Crippen molar-refractivity contribution in [2.45, 2.75) is 104 Å². The van der Waals surface area contributed by atoms with Gasteiger partial charge in [0.05, 0.1) is 12.1 Å². The smallest absolute Gasteiger partial charge is 0.408 e. The van der Waals surface area contributed by atoms with Gasteiger partial charge in [-0.05, 0) is 51.9 Å². The summed E-state index contributed by atoms with van der Waals surface area (Å²) in [6.45, 7) is 9.70. The molecule has 1 fully saturated rings. The van der Waals surface area contributed by atoms with Gasteiger partial charge in [-0.25, -0.2) is 4.79 Å². The Morgan fingerprint density at radius 3 is 2.24 bits per heavy atom. The van der Waals surface area contributed by atoms with Crippen molar-refractivity contribution < 1.29 is 14.3 Å². The van der Waals surface area contributed by atoms with Crippen molar-refractivity contribution >= 4 is 11.9 Å². The Labute approximate surface area is 153 Å². The van der Waals surface area contributed by atoms with Gasteiger partial charge < -0.3 is 15.8 Å². The average molecular weight is 355 g/mol. The van der Waals surface area contributed by atoms with Crippen LogP contribution in [0.2, 0.25) is 0 Å². The third-order valence-electron chi connectivity index (χ3n) is 4.75. The molecule has 0 saturated heterocycles. The van der Waals surface area contributed by atoms with E-state index in [4.69, 9.17) is 10.5 Å². The van der Waals surface area contributed by atoms with Crippen LogP contribution in [0.3, 0.4) is 0 Å². The summed E-state index contributed by atoms with van der Waals surface area (Å²) in [5.41, 5.74) is 5.55. The van der Waals surface area contributed by atoms with Crippen molar-refractivity contribution in [2.24, 2.45) is 17.6 Å². The molecular formula is C20H38N2O3. The van der Waals surface area contributed by atoms with Crippen LogP contribution in [0.25, 0.3) is 0 Å². The van der Waals surface area contributed by atoms with Gasteiger partial charge in [0.2, 0.25) is 0 Å². The fraction of sp³-hybridized carbons (Fsp3) is 0.900. The van der Waals surface area contributed by atoms with Gasteiger partial charge in [-0.15, -0.1) is 0 Å². The number of rotatable bonds is 8. The predicted octanol–water partition coefficient (Wildman–Crippen LogP) is 4.18. The number of alkyl carbamates (subject to hydrolysis) is 1. The van der Waals surface area contributed by atoms with Crippen molar-refractivity contribution in [3.8, 4) is 0 Å². The van der Waals surface area contributed by atoms with Crippen LogP contribution >= 0.6 is 0 Å². The summed E-state index contributed by atoms with van der Waals surface area (Å²) in [5.74, 6) is 0.932. The molecule has 1 rings (SSSR count). The summed E-state index contributed by atoms with van der Waals surface area (Å²) in [6.07, 6.45) is 7.65. The lowest BCUT2D eigenvalue weighted by Crippen LogP contribution is -2.50. The molecule has 2 unspecified atom stereocenters. The van der Waals surface area contributed by atoms with Crippen molar-refractivity contribution in [1.29, 1.82) is 0 Å². The maximum atomic E-state index is 12.8. The molecule has 5 nitrogen and oxygen atoms in total. The van der Waals surface area contributed by atoms with Gasteiger partial charge in [-0.1, -0.05) is 46.0 Å². The third kappa shape index (κ3) is 9.24. The molecule has 0 spiro atoms. The Kier molecular flexibility index (Phi) is 8.91. The molecule has 0 aromatic heterocycles. The van der Waals surface area contributed by atoms with E-state index in [1.54, 1.807) is 0 Å². The van der Waals surface area contributed by atoms with Crippen LogP contribution in [0.15, 0.2) is 0 Å². The first-order valence-corrected chi connectivity index (χ1v) is 9.87. The number of Topliss-reactive ketones (excluding diaryl/α,β-unsaturated/α-hetero) is 1. The number of carbonyl (C=O) groups excluding carboxylic acids is 2. The Morgan fingerprint density at radius 1 is 1.12 bits per heavy atom. The molecule has 0 aromatic rings. The first-order chi connectivity index (χ1) is 11.6. The van der Waals surface area contributed by atoms with E-state index >= 15 is 0 Å². The maximum Gasteiger partial charge on any atom is 0.408 e. The second-order valence-electron chi connectivity index (χ2n) is 8.92. The summed E-state index contributed by atoms with van der Waals surface area (Å²) in [7, 11) is 0. The summed E-state index contributed by atoms with van der Waals surface area (Å²) >= 11 is 0. The first-order valence-electron chi connectivity index (χ1n) is 9.87. The number of amides is 1. The summed E-state index contributed by atoms with van der Waals surface area (Å²) in [6, 6.07) is -1.06. The van der Waals surface area contributed by atoms with Crippen LogP contribution < -0.4 is 11.1 Å². The highest BCUT2D eigenvalue weighted by Crippen LogP contribution is 2.28. The Morgan fingerprint density at radius 2 is 1.72 bits per heavy atom. The van der Waals surface area contributed by atoms with E-state index in [-0.39, 0.29) is 5.78 Å². The number of nitrogens with one attached hydrogen (secondary N) is 1. The number of nitrogens with two attached hydrogens (primary N) is 1. The molecule has 3 N–H and O–H groups in total. The van der Waals surface area contributed by atoms with Gasteiger partial charge in [0.1, 0.15) is 5.60 Å². The van der Waals surface area contributed by atoms with Crippen LogP contribution in [0.4, 0.5) is 4.79 Å². The highest BCUT2D eigenvalue weighted by molar-refractivity contribution is 5.91. The van der Waals surface area contributed by atoms with E-state index in [9.17, 15) is 9.59 Å². The van der Waals surface area contributed by atoms with Gasteiger partial charge in [0, 0.05) is 0 Å². The van der Waals surface area contributed by atoms with E-state index in [1.165, 1.54) is 19.3 Å². The number of hydrogen-bond acceptors (Lipinski definition) is 4. The molecule has 0 aromatic carbocycles. The highest BCUT2D eigenvalue weighted by Gasteiger charge is 2.30. The minimum absolute atomic E-state index is 0.0583. The first kappa shape index (κ1) is 21.9. The van der Waals surface area contributed by atoms with Crippen LogP contribution in [-0.4, -0.2) is 29.6 Å². The normalized spacial score (nSPS) is 18.7. The molecule has 0 radical (unpaired) electrons. The topological polar surface area (TPSA) is 81.4 Å². The van der Waals surface area contributed by atoms with Crippen molar-refractivity contribution in [3.63, 3.8) is 0 Å². The second kappa shape index (κ2) is 10.1. The number of ketones is 1. The number of carbonyl (C=O) groups is 2. The van der Waals surface area contributed by atoms with Crippen LogP contribution in [0.1, 0.15) is 86.0 Å². The molecule has 1 aliphatic rings. The zero-order chi connectivity index (χ0) is 19.0. The van der Waals surface area contributed by atoms with E-state index < -0.39 is 23.8 Å². The van der Waals surface area contributed by atoms with E-state index in [0.29, 0.717) is 24.7 Å². The number of hydrogen-bond donors (Lipinski definition) is 2. The van der Waals surface area contributed by atoms with Gasteiger partial charge in [0.15, 0.2) is 5.78 Å². The minimum Gasteiger partial charge on any atom is -0.444 e. The lowest BCUT2D eigenvalue weighted by Gasteiger charge is -2.29. The molecular weight excluding hydrogens is 316 g/mol. The lowest BCUT2D eigenvalue weighted by atomic mass is 9.83. The summed E-state index contributed by atoms with van der Waals surface area (Å²) in [4.78, 5) is 25.0. The van der Waals surface area contributed by atoms with E-state index in [0.717, 1.165) is 19.3 Å². The maximum absolute atomic E-state index is 12.8. The highest BCUT2D eigenvalue weighted by atomic mass is 16.6. The second-order valence-corrected chi connectivity index (χ2v) is 8.92. The standard InChI is InChI=1S/C20H38N2O3/c1-14(2)11-12-16(21)18(23)17(13-15-9-7-6-8-10-15)22-19(24)25-20(3,4)5/h14-17H,6-13,21H2,1-5H3,(H,22,24). The fourth-order valence-corrected chi connectivity index (χ4v) is 3.37. The molecule has 0 bridgehead atoms. The molecule has 5 heteroatoms. The van der Waals surface area contributed by atoms with Gasteiger partial charge >= 0.3 is 6.09 Å². The molecule has 1 saturated carbocycles. The zero-order valence-electron chi connectivity index (χ0n) is 16.8. The molecule has 0 heterocycles. The summed E-state index contributed by atoms with van der Waals surface area (Å²) < 4.78 is 5.34.